The van der Waals surface area contributed by atoms with Crippen molar-refractivity contribution in [1.29, 1.82) is 0 Å². The summed E-state index contributed by atoms with van der Waals surface area (Å²) in [6, 6.07) is 34.1. The fourth-order valence-electron chi connectivity index (χ4n) is 8.20. The van der Waals surface area contributed by atoms with Crippen LogP contribution in [0.2, 0.25) is 0 Å². The smallest absolute Gasteiger partial charge is 0.210 e. The summed E-state index contributed by atoms with van der Waals surface area (Å²) in [5, 5.41) is 0. The van der Waals surface area contributed by atoms with Gasteiger partial charge in [0.2, 0.25) is 6.41 Å². The van der Waals surface area contributed by atoms with E-state index < -0.39 is 5.54 Å². The summed E-state index contributed by atoms with van der Waals surface area (Å²) in [6.07, 6.45) is 9.18. The van der Waals surface area contributed by atoms with Crippen LogP contribution >= 0.6 is 0 Å². The Labute approximate surface area is 306 Å². The van der Waals surface area contributed by atoms with Crippen molar-refractivity contribution in [3.8, 4) is 11.5 Å². The second-order valence-corrected chi connectivity index (χ2v) is 17.0. The van der Waals surface area contributed by atoms with Gasteiger partial charge in [0.05, 0.1) is 0 Å². The molecular formula is C47H57NO3. The highest BCUT2D eigenvalue weighted by Crippen LogP contribution is 2.48. The molecule has 4 nitrogen and oxygen atoms in total. The van der Waals surface area contributed by atoms with Crippen molar-refractivity contribution in [2.24, 2.45) is 29.1 Å². The van der Waals surface area contributed by atoms with Crippen LogP contribution in [-0.4, -0.2) is 23.5 Å². The van der Waals surface area contributed by atoms with Gasteiger partial charge in [0.1, 0.15) is 29.2 Å². The molecule has 4 aromatic rings. The van der Waals surface area contributed by atoms with E-state index in [1.165, 1.54) is 12.0 Å². The first-order valence-corrected chi connectivity index (χ1v) is 18.9. The third-order valence-corrected chi connectivity index (χ3v) is 11.5. The van der Waals surface area contributed by atoms with E-state index in [-0.39, 0.29) is 11.0 Å². The quantitative estimate of drug-likeness (QED) is 0.0754. The third kappa shape index (κ3) is 7.96. The normalized spacial score (nSPS) is 19.6. The van der Waals surface area contributed by atoms with Gasteiger partial charge in [-0.15, -0.1) is 0 Å². The van der Waals surface area contributed by atoms with Crippen LogP contribution in [0.25, 0.3) is 0 Å². The molecule has 2 aliphatic rings. The third-order valence-electron chi connectivity index (χ3n) is 11.5. The highest BCUT2D eigenvalue weighted by Gasteiger charge is 2.46. The predicted octanol–water partition coefficient (Wildman–Crippen LogP) is 10.9. The van der Waals surface area contributed by atoms with E-state index >= 15 is 0 Å². The van der Waals surface area contributed by atoms with E-state index in [2.05, 4.69) is 157 Å². The first-order chi connectivity index (χ1) is 24.3. The lowest BCUT2D eigenvalue weighted by molar-refractivity contribution is -0.122. The molecule has 0 radical (unpaired) electrons. The molecule has 0 saturated heterocycles. The molecule has 0 spiro atoms. The Hall–Kier alpha value is -4.31. The highest BCUT2D eigenvalue weighted by atomic mass is 16.5. The van der Waals surface area contributed by atoms with E-state index in [9.17, 15) is 4.79 Å². The topological polar surface area (TPSA) is 38.8 Å². The Balaban J connectivity index is 1.38. The van der Waals surface area contributed by atoms with Crippen molar-refractivity contribution in [2.45, 2.75) is 92.4 Å². The van der Waals surface area contributed by atoms with Crippen molar-refractivity contribution >= 4 is 6.41 Å². The summed E-state index contributed by atoms with van der Waals surface area (Å²) in [4.78, 5) is 15.6. The molecule has 4 heteroatoms. The van der Waals surface area contributed by atoms with Crippen LogP contribution in [0.1, 0.15) is 94.7 Å². The lowest BCUT2D eigenvalue weighted by Gasteiger charge is -2.46. The zero-order chi connectivity index (χ0) is 36.4. The first kappa shape index (κ1) is 36.5. The van der Waals surface area contributed by atoms with Crippen LogP contribution in [0.5, 0.6) is 11.5 Å². The maximum absolute atomic E-state index is 13.6. The fourth-order valence-corrected chi connectivity index (χ4v) is 8.20. The number of ether oxygens (including phenoxy) is 2. The summed E-state index contributed by atoms with van der Waals surface area (Å²) in [5.74, 6) is 3.75. The number of rotatable bonds is 14. The van der Waals surface area contributed by atoms with Gasteiger partial charge < -0.3 is 14.4 Å². The number of hydrogen-bond acceptors (Lipinski definition) is 3. The lowest BCUT2D eigenvalue weighted by Crippen LogP contribution is -2.50. The van der Waals surface area contributed by atoms with Crippen LogP contribution in [0.15, 0.2) is 109 Å². The summed E-state index contributed by atoms with van der Waals surface area (Å²) in [7, 11) is 0. The zero-order valence-electron chi connectivity index (χ0n) is 32.0. The van der Waals surface area contributed by atoms with Crippen molar-refractivity contribution < 1.29 is 14.3 Å². The molecule has 268 valence electrons. The maximum Gasteiger partial charge on any atom is 0.210 e. The summed E-state index contributed by atoms with van der Waals surface area (Å²) in [6.45, 7) is 18.8. The number of fused-ring (bicyclic) bond motifs is 2. The largest absolute Gasteiger partial charge is 0.489 e. The predicted molar refractivity (Wildman–Crippen MR) is 209 cm³/mol. The van der Waals surface area contributed by atoms with Gasteiger partial charge in [-0.1, -0.05) is 113 Å². The molecule has 1 saturated carbocycles. The van der Waals surface area contributed by atoms with E-state index in [1.54, 1.807) is 0 Å². The molecular weight excluding hydrogens is 627 g/mol. The van der Waals surface area contributed by atoms with Crippen LogP contribution in [-0.2, 0) is 23.4 Å². The second-order valence-electron chi connectivity index (χ2n) is 17.0. The molecule has 6 rings (SSSR count). The van der Waals surface area contributed by atoms with Crippen LogP contribution in [0, 0.1) is 36.0 Å². The van der Waals surface area contributed by atoms with E-state index in [0.717, 1.165) is 58.6 Å². The minimum atomic E-state index is -0.866. The van der Waals surface area contributed by atoms with E-state index in [1.807, 2.05) is 12.1 Å². The van der Waals surface area contributed by atoms with Crippen molar-refractivity contribution in [2.75, 3.05) is 6.54 Å². The Morgan fingerprint density at radius 1 is 0.784 bits per heavy atom. The first-order valence-electron chi connectivity index (χ1n) is 18.9. The maximum atomic E-state index is 13.6. The highest BCUT2D eigenvalue weighted by molar-refractivity contribution is 5.62. The van der Waals surface area contributed by atoms with Gasteiger partial charge >= 0.3 is 0 Å². The van der Waals surface area contributed by atoms with Crippen molar-refractivity contribution in [1.82, 2.24) is 4.90 Å². The Morgan fingerprint density at radius 2 is 1.43 bits per heavy atom. The molecule has 2 bridgehead atoms. The Morgan fingerprint density at radius 3 is 2.00 bits per heavy atom. The molecule has 1 amide bonds. The van der Waals surface area contributed by atoms with Crippen molar-refractivity contribution in [3.63, 3.8) is 0 Å². The molecule has 2 aliphatic carbocycles. The molecule has 1 fully saturated rings. The molecule has 0 heterocycles. The number of nitrogens with zero attached hydrogens (tertiary/aromatic N) is 1. The number of amides is 1. The Kier molecular flexibility index (Phi) is 10.5. The average molecular weight is 684 g/mol. The number of allylic oxidation sites excluding steroid dienone is 2. The van der Waals surface area contributed by atoms with Gasteiger partial charge in [-0.05, 0) is 134 Å². The standard InChI is InChI=1S/C47H57NO3/c1-33(2)46(7,8)29-36-13-11-14-37(26-36)31-50-42-22-18-40(19-23-42)47(44-15-10-9-12-34(44)3,41-20-24-43(25-21-41)51-45(4,5)6)48(32-49)30-39-28-35-16-17-38(39)27-35/h9-26,32-33,35,38-39H,27-31H2,1-8H3. The number of carbonyl (C=O) groups is 1. The summed E-state index contributed by atoms with van der Waals surface area (Å²) >= 11 is 0. The van der Waals surface area contributed by atoms with Gasteiger partial charge in [0.15, 0.2) is 0 Å². The number of benzene rings is 4. The molecule has 0 N–H and O–H groups in total. The summed E-state index contributed by atoms with van der Waals surface area (Å²) in [5.41, 5.74) is 5.82. The molecule has 51 heavy (non-hydrogen) atoms. The van der Waals surface area contributed by atoms with Gasteiger partial charge in [0.25, 0.3) is 0 Å². The zero-order valence-corrected chi connectivity index (χ0v) is 32.0. The van der Waals surface area contributed by atoms with Crippen LogP contribution in [0.4, 0.5) is 0 Å². The van der Waals surface area contributed by atoms with E-state index in [4.69, 9.17) is 9.47 Å². The average Bonchev–Trinajstić information content (AvgIpc) is 3.72. The molecule has 0 aliphatic heterocycles. The number of aryl methyl sites for hydroxylation is 1. The SMILES string of the molecule is Cc1ccccc1C(c1ccc(OCc2cccc(CC(C)(C)C(C)C)c2)cc1)(c1ccc(OC(C)(C)C)cc1)N(C=O)CC1CC2C=CC1C2. The number of hydrogen-bond donors (Lipinski definition) is 0. The van der Waals surface area contributed by atoms with Crippen molar-refractivity contribution in [3.05, 3.63) is 143 Å². The van der Waals surface area contributed by atoms with Crippen LogP contribution < -0.4 is 9.47 Å². The molecule has 4 aromatic carbocycles. The van der Waals surface area contributed by atoms with E-state index in [0.29, 0.717) is 36.8 Å². The number of carbonyl (C=O) groups excluding carboxylic acids is 1. The summed E-state index contributed by atoms with van der Waals surface area (Å²) < 4.78 is 12.7. The molecule has 0 aromatic heterocycles. The minimum Gasteiger partial charge on any atom is -0.489 e. The van der Waals surface area contributed by atoms with Crippen LogP contribution in [0.3, 0.4) is 0 Å². The second kappa shape index (κ2) is 14.7. The van der Waals surface area contributed by atoms with Gasteiger partial charge in [-0.25, -0.2) is 0 Å². The lowest BCUT2D eigenvalue weighted by atomic mass is 9.73. The fraction of sp³-hybridized carbons (Fsp3) is 0.426. The Bertz CT molecular complexity index is 1810. The van der Waals surface area contributed by atoms with Gasteiger partial charge in [-0.2, -0.15) is 0 Å². The molecule has 4 unspecified atom stereocenters. The minimum absolute atomic E-state index is 0.225. The molecule has 4 atom stereocenters. The van der Waals surface area contributed by atoms with Gasteiger partial charge in [-0.3, -0.25) is 4.79 Å². The monoisotopic (exact) mass is 683 g/mol. The van der Waals surface area contributed by atoms with Gasteiger partial charge in [0, 0.05) is 6.54 Å².